The summed E-state index contributed by atoms with van der Waals surface area (Å²) in [5.41, 5.74) is 0.230. The zero-order valence-corrected chi connectivity index (χ0v) is 8.28. The molecule has 7 heteroatoms. The summed E-state index contributed by atoms with van der Waals surface area (Å²) in [6.07, 6.45) is -1.57. The summed E-state index contributed by atoms with van der Waals surface area (Å²) in [6.45, 7) is 0. The molecule has 17 heavy (non-hydrogen) atoms. The van der Waals surface area contributed by atoms with Crippen molar-refractivity contribution in [2.75, 3.05) is 0 Å². The Kier molecular flexibility index (Phi) is 1.86. The number of alkyl halides is 3. The Morgan fingerprint density at radius 2 is 1.82 bits per heavy atom. The van der Waals surface area contributed by atoms with Crippen LogP contribution in [0.2, 0.25) is 0 Å². The molecule has 0 unspecified atom stereocenters. The molecule has 86 valence electrons. The number of nitrogens with one attached hydrogen (secondary N) is 1. The fourth-order valence-electron chi connectivity index (χ4n) is 1.74. The number of nitrogens with zero attached hydrogens (tertiary/aromatic N) is 3. The second-order valence-electron chi connectivity index (χ2n) is 3.48. The SMILES string of the molecule is FC(F)(F)c1n[nH]c2c1ccc1nccnc12. The van der Waals surface area contributed by atoms with Gasteiger partial charge in [-0.1, -0.05) is 0 Å². The molecule has 0 bridgehead atoms. The second-order valence-corrected chi connectivity index (χ2v) is 3.48. The number of rotatable bonds is 0. The molecule has 0 aliphatic heterocycles. The van der Waals surface area contributed by atoms with E-state index in [1.165, 1.54) is 24.5 Å². The highest BCUT2D eigenvalue weighted by Gasteiger charge is 2.36. The lowest BCUT2D eigenvalue weighted by molar-refractivity contribution is -0.139. The fraction of sp³-hybridized carbons (Fsp3) is 0.100. The maximum Gasteiger partial charge on any atom is 0.435 e. The second kappa shape index (κ2) is 3.16. The highest BCUT2D eigenvalue weighted by atomic mass is 19.4. The van der Waals surface area contributed by atoms with E-state index < -0.39 is 11.9 Å². The van der Waals surface area contributed by atoms with Crippen LogP contribution in [0.1, 0.15) is 5.69 Å². The molecule has 0 saturated heterocycles. The highest BCUT2D eigenvalue weighted by molar-refractivity contribution is 6.02. The minimum Gasteiger partial charge on any atom is -0.275 e. The van der Waals surface area contributed by atoms with Crippen LogP contribution < -0.4 is 0 Å². The quantitative estimate of drug-likeness (QED) is 0.654. The van der Waals surface area contributed by atoms with Crippen molar-refractivity contribution in [3.05, 3.63) is 30.2 Å². The van der Waals surface area contributed by atoms with E-state index in [1.807, 2.05) is 0 Å². The first-order chi connectivity index (χ1) is 8.07. The first-order valence-corrected chi connectivity index (χ1v) is 4.72. The van der Waals surface area contributed by atoms with Crippen molar-refractivity contribution in [2.45, 2.75) is 6.18 Å². The van der Waals surface area contributed by atoms with Gasteiger partial charge in [0.15, 0.2) is 5.69 Å². The third kappa shape index (κ3) is 1.42. The Morgan fingerprint density at radius 3 is 2.59 bits per heavy atom. The molecule has 0 aliphatic rings. The molecule has 0 fully saturated rings. The van der Waals surface area contributed by atoms with Gasteiger partial charge in [-0.05, 0) is 12.1 Å². The number of aromatic nitrogens is 4. The van der Waals surface area contributed by atoms with E-state index in [4.69, 9.17) is 0 Å². The smallest absolute Gasteiger partial charge is 0.275 e. The topological polar surface area (TPSA) is 54.5 Å². The molecule has 1 aromatic carbocycles. The van der Waals surface area contributed by atoms with Crippen molar-refractivity contribution in [2.24, 2.45) is 0 Å². The summed E-state index contributed by atoms with van der Waals surface area (Å²) >= 11 is 0. The van der Waals surface area contributed by atoms with Gasteiger partial charge in [-0.15, -0.1) is 0 Å². The monoisotopic (exact) mass is 238 g/mol. The minimum absolute atomic E-state index is 0.00509. The van der Waals surface area contributed by atoms with Gasteiger partial charge in [-0.3, -0.25) is 15.1 Å². The summed E-state index contributed by atoms with van der Waals surface area (Å²) in [6, 6.07) is 2.84. The molecule has 3 aromatic rings. The van der Waals surface area contributed by atoms with Crippen molar-refractivity contribution in [1.29, 1.82) is 0 Å². The Bertz CT molecular complexity index is 701. The van der Waals surface area contributed by atoms with Crippen LogP contribution in [0.4, 0.5) is 13.2 Å². The van der Waals surface area contributed by atoms with Crippen LogP contribution in [0, 0.1) is 0 Å². The third-order valence-corrected chi connectivity index (χ3v) is 2.44. The normalized spacial score (nSPS) is 12.4. The maximum absolute atomic E-state index is 12.6. The number of H-pyrrole nitrogens is 1. The number of fused-ring (bicyclic) bond motifs is 3. The zero-order valence-electron chi connectivity index (χ0n) is 8.28. The fourth-order valence-corrected chi connectivity index (χ4v) is 1.74. The lowest BCUT2D eigenvalue weighted by Gasteiger charge is -2.02. The number of halogens is 3. The van der Waals surface area contributed by atoms with Crippen LogP contribution in [0.5, 0.6) is 0 Å². The molecule has 0 aliphatic carbocycles. The average Bonchev–Trinajstić information content (AvgIpc) is 2.72. The first-order valence-electron chi connectivity index (χ1n) is 4.72. The Hall–Kier alpha value is -2.18. The van der Waals surface area contributed by atoms with Crippen LogP contribution in [0.3, 0.4) is 0 Å². The standard InChI is InChI=1S/C10H5F3N4/c11-10(12,13)9-5-1-2-6-8(7(5)16-17-9)15-4-3-14-6/h1-4H,(H,16,17). The number of hydrogen-bond donors (Lipinski definition) is 1. The zero-order chi connectivity index (χ0) is 12.0. The van der Waals surface area contributed by atoms with E-state index in [2.05, 4.69) is 20.2 Å². The molecule has 3 rings (SSSR count). The Balaban J connectivity index is 2.43. The number of hydrogen-bond acceptors (Lipinski definition) is 3. The van der Waals surface area contributed by atoms with Gasteiger partial charge >= 0.3 is 6.18 Å². The van der Waals surface area contributed by atoms with Gasteiger partial charge in [-0.2, -0.15) is 18.3 Å². The van der Waals surface area contributed by atoms with Crippen LogP contribution in [0.25, 0.3) is 21.9 Å². The summed E-state index contributed by atoms with van der Waals surface area (Å²) in [5, 5.41) is 5.67. The molecule has 0 atom stereocenters. The lowest BCUT2D eigenvalue weighted by Crippen LogP contribution is -2.05. The van der Waals surface area contributed by atoms with Crippen molar-refractivity contribution in [3.63, 3.8) is 0 Å². The first kappa shape index (κ1) is 10.0. The van der Waals surface area contributed by atoms with Crippen molar-refractivity contribution < 1.29 is 13.2 Å². The van der Waals surface area contributed by atoms with Crippen LogP contribution in [0.15, 0.2) is 24.5 Å². The predicted octanol–water partition coefficient (Wildman–Crippen LogP) is 2.52. The average molecular weight is 238 g/mol. The summed E-state index contributed by atoms with van der Waals surface area (Å²) in [5.74, 6) is 0. The molecular weight excluding hydrogens is 233 g/mol. The van der Waals surface area contributed by atoms with E-state index in [9.17, 15) is 13.2 Å². The third-order valence-electron chi connectivity index (χ3n) is 2.44. The maximum atomic E-state index is 12.6. The predicted molar refractivity (Wildman–Crippen MR) is 54.2 cm³/mol. The summed E-state index contributed by atoms with van der Waals surface area (Å²) < 4.78 is 37.9. The van der Waals surface area contributed by atoms with Gasteiger partial charge in [0.25, 0.3) is 0 Å². The van der Waals surface area contributed by atoms with Gasteiger partial charge in [0.05, 0.1) is 11.0 Å². The van der Waals surface area contributed by atoms with E-state index in [-0.39, 0.29) is 10.9 Å². The van der Waals surface area contributed by atoms with Crippen molar-refractivity contribution in [1.82, 2.24) is 20.2 Å². The van der Waals surface area contributed by atoms with Gasteiger partial charge < -0.3 is 0 Å². The van der Waals surface area contributed by atoms with Crippen molar-refractivity contribution >= 4 is 21.9 Å². The molecule has 0 saturated carbocycles. The lowest BCUT2D eigenvalue weighted by atomic mass is 10.1. The van der Waals surface area contributed by atoms with Crippen LogP contribution >= 0.6 is 0 Å². The van der Waals surface area contributed by atoms with Gasteiger partial charge in [0, 0.05) is 17.8 Å². The molecule has 4 nitrogen and oxygen atoms in total. The number of aromatic amines is 1. The minimum atomic E-state index is -4.48. The Morgan fingerprint density at radius 1 is 1.06 bits per heavy atom. The summed E-state index contributed by atoms with van der Waals surface area (Å²) in [7, 11) is 0. The molecule has 0 spiro atoms. The van der Waals surface area contributed by atoms with E-state index in [0.717, 1.165) is 0 Å². The van der Waals surface area contributed by atoms with Gasteiger partial charge in [0.1, 0.15) is 5.52 Å². The summed E-state index contributed by atoms with van der Waals surface area (Å²) in [4.78, 5) is 8.01. The Labute approximate surface area is 92.5 Å². The van der Waals surface area contributed by atoms with Crippen molar-refractivity contribution in [3.8, 4) is 0 Å². The molecule has 1 N–H and O–H groups in total. The van der Waals surface area contributed by atoms with E-state index in [0.29, 0.717) is 11.0 Å². The molecule has 2 aromatic heterocycles. The van der Waals surface area contributed by atoms with E-state index >= 15 is 0 Å². The molecule has 0 radical (unpaired) electrons. The van der Waals surface area contributed by atoms with Gasteiger partial charge in [0.2, 0.25) is 0 Å². The largest absolute Gasteiger partial charge is 0.435 e. The van der Waals surface area contributed by atoms with Gasteiger partial charge in [-0.25, -0.2) is 0 Å². The number of benzene rings is 1. The molecule has 0 amide bonds. The van der Waals surface area contributed by atoms with E-state index in [1.54, 1.807) is 0 Å². The highest BCUT2D eigenvalue weighted by Crippen LogP contribution is 2.34. The van der Waals surface area contributed by atoms with Crippen LogP contribution in [-0.2, 0) is 6.18 Å². The molecule has 2 heterocycles. The van der Waals surface area contributed by atoms with Crippen LogP contribution in [-0.4, -0.2) is 20.2 Å². The molecular formula is C10H5F3N4.